The van der Waals surface area contributed by atoms with Crippen molar-refractivity contribution in [1.82, 2.24) is 19.9 Å². The fourth-order valence-corrected chi connectivity index (χ4v) is 12.4. The fraction of sp³-hybridized carbons (Fsp3) is 0. The molecule has 12 aromatic carbocycles. The summed E-state index contributed by atoms with van der Waals surface area (Å²) in [5.74, 6) is 4.05. The average Bonchev–Trinajstić information content (AvgIpc) is 0.802. The molecule has 0 amide bonds. The van der Waals surface area contributed by atoms with Crippen molar-refractivity contribution in [2.24, 2.45) is 9.98 Å². The summed E-state index contributed by atoms with van der Waals surface area (Å²) in [6.07, 6.45) is 3.22. The molecule has 11 nitrogen and oxygen atoms in total. The number of rotatable bonds is 16. The zero-order valence-electron chi connectivity index (χ0n) is 51.7. The first-order valence-electron chi connectivity index (χ1n) is 31.5. The van der Waals surface area contributed by atoms with Gasteiger partial charge < -0.3 is 14.2 Å². The molecule has 0 atom stereocenters. The smallest absolute Gasteiger partial charge is 0.240 e. The predicted molar refractivity (Wildman–Crippen MR) is 386 cm³/mol. The highest BCUT2D eigenvalue weighted by Gasteiger charge is 2.18. The molecular formula is C86H52N6O5. The molecule has 0 radical (unpaired) electrons. The zero-order valence-corrected chi connectivity index (χ0v) is 51.7. The van der Waals surface area contributed by atoms with Gasteiger partial charge in [-0.15, -0.1) is 0 Å². The van der Waals surface area contributed by atoms with E-state index < -0.39 is 0 Å². The molecule has 0 aliphatic heterocycles. The Morgan fingerprint density at radius 1 is 0.227 bits per heavy atom. The molecule has 0 aliphatic rings. The minimum atomic E-state index is 0.533. The van der Waals surface area contributed by atoms with Gasteiger partial charge in [0.25, 0.3) is 0 Å². The molecule has 0 bridgehead atoms. The summed E-state index contributed by atoms with van der Waals surface area (Å²) in [7, 11) is 0. The second-order valence-corrected chi connectivity index (χ2v) is 23.3. The highest BCUT2D eigenvalue weighted by atomic mass is 16.5. The van der Waals surface area contributed by atoms with Gasteiger partial charge in [-0.1, -0.05) is 146 Å². The predicted octanol–water partition coefficient (Wildman–Crippen LogP) is 22.5. The number of fused-ring (bicyclic) bond motifs is 4. The van der Waals surface area contributed by atoms with Crippen molar-refractivity contribution in [2.45, 2.75) is 0 Å². The van der Waals surface area contributed by atoms with Crippen LogP contribution in [0.3, 0.4) is 0 Å². The Morgan fingerprint density at radius 2 is 0.454 bits per heavy atom. The highest BCUT2D eigenvalue weighted by Crippen LogP contribution is 2.42. The van der Waals surface area contributed by atoms with Gasteiger partial charge in [0.2, 0.25) is 12.2 Å². The Morgan fingerprint density at radius 3 is 0.701 bits per heavy atom. The lowest BCUT2D eigenvalue weighted by Gasteiger charge is -2.14. The molecule has 97 heavy (non-hydrogen) atoms. The van der Waals surface area contributed by atoms with Crippen molar-refractivity contribution in [1.29, 1.82) is 0 Å². The maximum absolute atomic E-state index is 10.9. The van der Waals surface area contributed by atoms with Crippen LogP contribution in [0.4, 0.5) is 11.4 Å². The van der Waals surface area contributed by atoms with E-state index in [1.807, 2.05) is 206 Å². The number of isocyanates is 2. The van der Waals surface area contributed by atoms with Gasteiger partial charge in [-0.25, -0.2) is 29.5 Å². The van der Waals surface area contributed by atoms with E-state index in [-0.39, 0.29) is 0 Å². The number of carbonyl (C=O) groups excluding carboxylic acids is 2. The van der Waals surface area contributed by atoms with Crippen LogP contribution in [0.2, 0.25) is 0 Å². The number of benzene rings is 12. The minimum absolute atomic E-state index is 0.533. The van der Waals surface area contributed by atoms with Crippen molar-refractivity contribution in [3.05, 3.63) is 315 Å². The molecule has 456 valence electrons. The summed E-state index contributed by atoms with van der Waals surface area (Å²) in [4.78, 5) is 49.8. The van der Waals surface area contributed by atoms with E-state index in [0.717, 1.165) is 133 Å². The lowest BCUT2D eigenvalue weighted by molar-refractivity contribution is 0.482. The summed E-state index contributed by atoms with van der Waals surface area (Å²) in [6, 6.07) is 105. The average molecular weight is 1250 g/mol. The lowest BCUT2D eigenvalue weighted by Crippen LogP contribution is -1.93. The van der Waals surface area contributed by atoms with Crippen LogP contribution in [-0.4, -0.2) is 32.1 Å². The SMILES string of the molecule is O=C=Nc1ccc(-c2cc(-c3ccccc3)c3cc(Oc4ccc5nc(-c6ccc(Oc7ccc(-c8cc(-c9ccccc9)c9cc(Oc%10ccc%11nc(-c%12ccc(N=C=O)cc%12)cc(-c%12ccccc%12)c%11c%10)ccc9n8)cc7)cc6)cc(-c6ccccc6)c5c4)ccc3n2)cc1. The van der Waals surface area contributed by atoms with E-state index >= 15 is 0 Å². The van der Waals surface area contributed by atoms with E-state index in [0.29, 0.717) is 45.9 Å². The van der Waals surface area contributed by atoms with E-state index in [1.54, 1.807) is 36.4 Å². The number of ether oxygens (including phenoxy) is 3. The first-order valence-corrected chi connectivity index (χ1v) is 31.5. The second kappa shape index (κ2) is 25.8. The molecule has 0 spiro atoms. The second-order valence-electron chi connectivity index (χ2n) is 23.3. The molecule has 0 saturated carbocycles. The van der Waals surface area contributed by atoms with Crippen LogP contribution in [0, 0.1) is 0 Å². The topological polar surface area (TPSA) is 138 Å². The van der Waals surface area contributed by atoms with E-state index in [1.165, 1.54) is 0 Å². The normalized spacial score (nSPS) is 11.1. The van der Waals surface area contributed by atoms with Gasteiger partial charge in [-0.3, -0.25) is 0 Å². The number of aromatic nitrogens is 4. The first-order chi connectivity index (χ1) is 47.9. The van der Waals surface area contributed by atoms with Crippen LogP contribution in [0.5, 0.6) is 34.5 Å². The molecule has 4 heterocycles. The molecule has 11 heteroatoms. The number of pyridine rings is 4. The Hall–Kier alpha value is -13.6. The number of aliphatic imine (C=N–C) groups is 2. The summed E-state index contributed by atoms with van der Waals surface area (Å²) in [6.45, 7) is 0. The zero-order chi connectivity index (χ0) is 65.0. The van der Waals surface area contributed by atoms with Gasteiger partial charge >= 0.3 is 0 Å². The summed E-state index contributed by atoms with van der Waals surface area (Å²) < 4.78 is 19.9. The maximum Gasteiger partial charge on any atom is 0.240 e. The van der Waals surface area contributed by atoms with E-state index in [2.05, 4.69) is 94.9 Å². The van der Waals surface area contributed by atoms with Crippen molar-refractivity contribution in [3.63, 3.8) is 0 Å². The van der Waals surface area contributed by atoms with Gasteiger partial charge in [0, 0.05) is 43.8 Å². The molecule has 0 unspecified atom stereocenters. The third kappa shape index (κ3) is 12.3. The maximum atomic E-state index is 10.9. The van der Waals surface area contributed by atoms with Crippen LogP contribution in [-0.2, 0) is 9.59 Å². The van der Waals surface area contributed by atoms with Crippen molar-refractivity contribution >= 4 is 67.1 Å². The van der Waals surface area contributed by atoms with Crippen LogP contribution in [0.25, 0.3) is 133 Å². The van der Waals surface area contributed by atoms with Crippen LogP contribution in [0.1, 0.15) is 0 Å². The van der Waals surface area contributed by atoms with Crippen molar-refractivity contribution in [3.8, 4) is 124 Å². The Balaban J connectivity index is 0.644. The minimum Gasteiger partial charge on any atom is -0.457 e. The quantitative estimate of drug-likeness (QED) is 0.0683. The molecule has 4 aromatic heterocycles. The molecule has 16 rings (SSSR count). The first kappa shape index (κ1) is 58.5. The van der Waals surface area contributed by atoms with Crippen LogP contribution in [0.15, 0.2) is 325 Å². The Labute approximate surface area is 557 Å². The fourth-order valence-electron chi connectivity index (χ4n) is 12.4. The molecule has 16 aromatic rings. The molecular weight excluding hydrogens is 1200 g/mol. The molecule has 0 saturated heterocycles. The van der Waals surface area contributed by atoms with Crippen molar-refractivity contribution < 1.29 is 23.8 Å². The van der Waals surface area contributed by atoms with E-state index in [4.69, 9.17) is 34.1 Å². The molecule has 0 N–H and O–H groups in total. The van der Waals surface area contributed by atoms with Gasteiger partial charge in [0.15, 0.2) is 0 Å². The van der Waals surface area contributed by atoms with Crippen LogP contribution >= 0.6 is 0 Å². The molecule has 0 aliphatic carbocycles. The van der Waals surface area contributed by atoms with Gasteiger partial charge in [-0.2, -0.15) is 9.98 Å². The number of nitrogens with zero attached hydrogens (tertiary/aromatic N) is 6. The third-order valence-corrected chi connectivity index (χ3v) is 17.1. The highest BCUT2D eigenvalue weighted by molar-refractivity contribution is 6.01. The summed E-state index contributed by atoms with van der Waals surface area (Å²) >= 11 is 0. The van der Waals surface area contributed by atoms with E-state index in [9.17, 15) is 9.59 Å². The third-order valence-electron chi connectivity index (χ3n) is 17.1. The lowest BCUT2D eigenvalue weighted by atomic mass is 9.98. The summed E-state index contributed by atoms with van der Waals surface area (Å²) in [5, 5.41) is 3.79. The largest absolute Gasteiger partial charge is 0.457 e. The summed E-state index contributed by atoms with van der Waals surface area (Å²) in [5.41, 5.74) is 19.5. The standard InChI is InChI=1S/C86H52N6O5/c93-53-87-63-29-21-59(22-30-63)83-49-71(55-13-5-1-6-14-55)75-45-67(37-41-79(75)89-83)96-69-39-43-81-77(47-69)73(57-17-9-3-10-18-57)51-85(91-81)61-25-33-65(34-26-61)95-66-35-27-62(28-36-66)86-52-74(58-19-11-4-12-20-58)78-48-70(40-44-82(78)92-86)97-68-38-42-80-76(46-68)72(56-15-7-2-8-16-56)50-84(90-80)60-23-31-64(32-24-60)88-54-94/h1-52H. The number of hydrogen-bond donors (Lipinski definition) is 0. The van der Waals surface area contributed by atoms with Gasteiger partial charge in [0.1, 0.15) is 34.5 Å². The molecule has 0 fully saturated rings. The Kier molecular flexibility index (Phi) is 15.6. The van der Waals surface area contributed by atoms with Gasteiger partial charge in [0.05, 0.1) is 56.2 Å². The van der Waals surface area contributed by atoms with Crippen LogP contribution < -0.4 is 14.2 Å². The van der Waals surface area contributed by atoms with Crippen molar-refractivity contribution in [2.75, 3.05) is 0 Å². The Bertz CT molecular complexity index is 5390. The van der Waals surface area contributed by atoms with Gasteiger partial charge in [-0.05, 0) is 214 Å². The monoisotopic (exact) mass is 1250 g/mol. The number of hydrogen-bond acceptors (Lipinski definition) is 11.